The quantitative estimate of drug-likeness (QED) is 0.302. The van der Waals surface area contributed by atoms with Gasteiger partial charge in [0.05, 0.1) is 0 Å². The minimum Gasteiger partial charge on any atom is -0.875 e. The number of carbonyl (C=O) groups excluding carboxylic acids is 3. The van der Waals surface area contributed by atoms with Crippen molar-refractivity contribution in [2.24, 2.45) is 17.8 Å². The second-order valence-electron chi connectivity index (χ2n) is 8.46. The molecule has 0 aliphatic heterocycles. The van der Waals surface area contributed by atoms with E-state index in [0.717, 1.165) is 18.2 Å². The number of carbonyl (C=O) groups is 3. The molecule has 0 fully saturated rings. The van der Waals surface area contributed by atoms with Crippen molar-refractivity contribution in [3.05, 3.63) is 35.5 Å². The van der Waals surface area contributed by atoms with Crippen molar-refractivity contribution in [3.8, 4) is 0 Å². The van der Waals surface area contributed by atoms with Gasteiger partial charge in [-0.1, -0.05) is 41.5 Å². The summed E-state index contributed by atoms with van der Waals surface area (Å²) in [5.41, 5.74) is 0. The molecule has 31 heavy (non-hydrogen) atoms. The predicted octanol–water partition coefficient (Wildman–Crippen LogP) is 2.22. The number of hydrogen-bond acceptors (Lipinski definition) is 6. The molecule has 0 aromatic heterocycles. The van der Waals surface area contributed by atoms with Crippen molar-refractivity contribution in [1.82, 2.24) is 0 Å². The van der Waals surface area contributed by atoms with E-state index in [1.165, 1.54) is 20.8 Å². The van der Waals surface area contributed by atoms with Gasteiger partial charge >= 0.3 is 17.4 Å². The fourth-order valence-electron chi connectivity index (χ4n) is 2.06. The molecule has 0 atom stereocenters. The summed E-state index contributed by atoms with van der Waals surface area (Å²) in [5, 5.41) is 32.4. The third-order valence-electron chi connectivity index (χ3n) is 2.92. The Hall–Kier alpha value is -1.84. The van der Waals surface area contributed by atoms with E-state index < -0.39 is 0 Å². The minimum absolute atomic E-state index is 0. The molecule has 0 radical (unpaired) electrons. The van der Waals surface area contributed by atoms with Crippen LogP contribution < -0.4 is 15.3 Å². The molecule has 0 spiro atoms. The molecule has 0 bridgehead atoms. The normalized spacial score (nSPS) is 11.8. The third-order valence-corrected chi connectivity index (χ3v) is 2.92. The van der Waals surface area contributed by atoms with E-state index in [1.54, 1.807) is 0 Å². The average molecular weight is 451 g/mol. The number of hydrogen-bond donors (Lipinski definition) is 0. The number of rotatable bonds is 9. The molecular formula is C24H39AlO6. The monoisotopic (exact) mass is 450 g/mol. The second-order valence-corrected chi connectivity index (χ2v) is 8.46. The Kier molecular flexibility index (Phi) is 25.2. The van der Waals surface area contributed by atoms with Gasteiger partial charge in [-0.3, -0.25) is 14.4 Å². The molecule has 174 valence electrons. The van der Waals surface area contributed by atoms with Crippen LogP contribution in [-0.4, -0.2) is 34.7 Å². The average Bonchev–Trinajstić information content (AvgIpc) is 2.42. The van der Waals surface area contributed by atoms with E-state index in [4.69, 9.17) is 0 Å². The summed E-state index contributed by atoms with van der Waals surface area (Å²) in [6, 6.07) is 0. The van der Waals surface area contributed by atoms with Crippen LogP contribution in [0.1, 0.15) is 81.6 Å². The minimum atomic E-state index is -0.161. The molecule has 0 heterocycles. The largest absolute Gasteiger partial charge is 3.00 e. The molecule has 0 amide bonds. The Morgan fingerprint density at radius 2 is 0.710 bits per heavy atom. The summed E-state index contributed by atoms with van der Waals surface area (Å²) in [6.45, 7) is 15.9. The van der Waals surface area contributed by atoms with Gasteiger partial charge in [0, 0.05) is 0 Å². The zero-order chi connectivity index (χ0) is 24.4. The van der Waals surface area contributed by atoms with Gasteiger partial charge in [0.25, 0.3) is 0 Å². The first-order valence-corrected chi connectivity index (χ1v) is 10.2. The van der Waals surface area contributed by atoms with Gasteiger partial charge in [-0.05, 0) is 76.0 Å². The second kappa shape index (κ2) is 21.4. The molecule has 0 aromatic carbocycles. The van der Waals surface area contributed by atoms with Gasteiger partial charge in [0.1, 0.15) is 0 Å². The van der Waals surface area contributed by atoms with Gasteiger partial charge in [-0.25, -0.2) is 0 Å². The molecule has 0 aliphatic carbocycles. The Morgan fingerprint density at radius 1 is 0.548 bits per heavy atom. The van der Waals surface area contributed by atoms with Crippen molar-refractivity contribution in [1.29, 1.82) is 0 Å². The fraction of sp³-hybridized carbons (Fsp3) is 0.625. The molecule has 6 nitrogen and oxygen atoms in total. The van der Waals surface area contributed by atoms with Crippen molar-refractivity contribution < 1.29 is 29.7 Å². The van der Waals surface area contributed by atoms with Crippen LogP contribution in [0.3, 0.4) is 0 Å². The van der Waals surface area contributed by atoms with Gasteiger partial charge in [-0.15, -0.1) is 17.3 Å². The number of allylic oxidation sites excluding steroid dienone is 6. The summed E-state index contributed by atoms with van der Waals surface area (Å²) in [6.07, 6.45) is 4.87. The van der Waals surface area contributed by atoms with Crippen LogP contribution in [0.25, 0.3) is 0 Å². The standard InChI is InChI=1S/3C8H14O2.Al/c3*1-6(2)4-8(10)5-7(3)9;/h3*5-6,10H,4H2,1-3H3;/q;;;+3/p-3/b3*8-5-;. The van der Waals surface area contributed by atoms with Crippen LogP contribution in [0.2, 0.25) is 0 Å². The molecule has 0 N–H and O–H groups in total. The van der Waals surface area contributed by atoms with Crippen LogP contribution in [0.4, 0.5) is 0 Å². The first kappa shape index (κ1) is 36.5. The Morgan fingerprint density at radius 3 is 0.806 bits per heavy atom. The molecule has 7 heteroatoms. The number of ketones is 3. The van der Waals surface area contributed by atoms with E-state index in [0.29, 0.717) is 37.0 Å². The fourth-order valence-corrected chi connectivity index (χ4v) is 2.06. The molecule has 0 aliphatic rings. The summed E-state index contributed by atoms with van der Waals surface area (Å²) >= 11 is 0. The summed E-state index contributed by atoms with van der Waals surface area (Å²) in [4.78, 5) is 31.1. The van der Waals surface area contributed by atoms with Crippen LogP contribution >= 0.6 is 0 Å². The maximum Gasteiger partial charge on any atom is 3.00 e. The molecule has 0 saturated carbocycles. The van der Waals surface area contributed by atoms with E-state index in [2.05, 4.69) is 0 Å². The zero-order valence-corrected chi connectivity index (χ0v) is 21.8. The Bertz CT molecular complexity index is 528. The predicted molar refractivity (Wildman–Crippen MR) is 120 cm³/mol. The Balaban J connectivity index is -0.000000174. The maximum atomic E-state index is 10.8. The summed E-state index contributed by atoms with van der Waals surface area (Å²) < 4.78 is 0. The van der Waals surface area contributed by atoms with Crippen molar-refractivity contribution >= 4 is 34.7 Å². The molecular weight excluding hydrogens is 411 g/mol. The van der Waals surface area contributed by atoms with E-state index in [-0.39, 0.29) is 52.0 Å². The van der Waals surface area contributed by atoms with Gasteiger partial charge in [0.2, 0.25) is 0 Å². The van der Waals surface area contributed by atoms with E-state index in [1.807, 2.05) is 41.5 Å². The molecule has 0 unspecified atom stereocenters. The summed E-state index contributed by atoms with van der Waals surface area (Å²) in [5.74, 6) is 0.323. The van der Waals surface area contributed by atoms with Gasteiger partial charge in [-0.2, -0.15) is 0 Å². The third kappa shape index (κ3) is 39.2. The van der Waals surface area contributed by atoms with Crippen LogP contribution in [0.15, 0.2) is 35.5 Å². The van der Waals surface area contributed by atoms with Crippen LogP contribution in [-0.2, 0) is 14.4 Å². The van der Waals surface area contributed by atoms with Gasteiger partial charge < -0.3 is 15.3 Å². The topological polar surface area (TPSA) is 120 Å². The first-order chi connectivity index (χ1) is 13.6. The van der Waals surface area contributed by atoms with Crippen molar-refractivity contribution in [3.63, 3.8) is 0 Å². The molecule has 0 aromatic rings. The van der Waals surface area contributed by atoms with E-state index >= 15 is 0 Å². The zero-order valence-electron chi connectivity index (χ0n) is 20.6. The molecule has 0 rings (SSSR count). The maximum absolute atomic E-state index is 10.8. The van der Waals surface area contributed by atoms with Crippen LogP contribution in [0.5, 0.6) is 0 Å². The van der Waals surface area contributed by atoms with Crippen LogP contribution in [0, 0.1) is 17.8 Å². The molecule has 0 saturated heterocycles. The van der Waals surface area contributed by atoms with E-state index in [9.17, 15) is 29.7 Å². The first-order valence-electron chi connectivity index (χ1n) is 10.2. The van der Waals surface area contributed by atoms with Crippen molar-refractivity contribution in [2.75, 3.05) is 0 Å². The Labute approximate surface area is 199 Å². The van der Waals surface area contributed by atoms with Crippen molar-refractivity contribution in [2.45, 2.75) is 81.6 Å². The smallest absolute Gasteiger partial charge is 0.875 e. The summed E-state index contributed by atoms with van der Waals surface area (Å²) in [7, 11) is 0. The van der Waals surface area contributed by atoms with Gasteiger partial charge in [0.15, 0.2) is 17.3 Å². The SMILES string of the molecule is CC(=O)/C=C(\[O-])CC(C)C.CC(=O)/C=C(\[O-])CC(C)C.CC(=O)/C=C(\[O-])CC(C)C.[Al+3].